The van der Waals surface area contributed by atoms with Gasteiger partial charge in [0.15, 0.2) is 0 Å². The van der Waals surface area contributed by atoms with Crippen LogP contribution in [0.25, 0.3) is 0 Å². The molecule has 0 aliphatic carbocycles. The molecule has 0 heterocycles. The number of hydrogen-bond acceptors (Lipinski definition) is 10. The van der Waals surface area contributed by atoms with Crippen LogP contribution >= 0.6 is 0 Å². The van der Waals surface area contributed by atoms with E-state index in [0.29, 0.717) is 11.4 Å². The van der Waals surface area contributed by atoms with Gasteiger partial charge in [0.25, 0.3) is 10.1 Å². The molecule has 3 aromatic rings. The molecule has 13 heteroatoms. The molecule has 0 fully saturated rings. The van der Waals surface area contributed by atoms with Gasteiger partial charge >= 0.3 is 29.6 Å². The molecule has 164 valence electrons. The van der Waals surface area contributed by atoms with Crippen LogP contribution in [0.5, 0.6) is 11.5 Å². The van der Waals surface area contributed by atoms with Gasteiger partial charge in [-0.25, -0.2) is 0 Å². The maximum absolute atomic E-state index is 11.1. The van der Waals surface area contributed by atoms with Crippen LogP contribution in [-0.4, -0.2) is 29.1 Å². The second-order valence-corrected chi connectivity index (χ2v) is 7.77. The van der Waals surface area contributed by atoms with Crippen LogP contribution in [0.3, 0.4) is 0 Å². The van der Waals surface area contributed by atoms with E-state index in [2.05, 4.69) is 25.4 Å². The van der Waals surface area contributed by atoms with Crippen molar-refractivity contribution in [3.63, 3.8) is 0 Å². The van der Waals surface area contributed by atoms with E-state index in [9.17, 15) is 23.7 Å². The summed E-state index contributed by atoms with van der Waals surface area (Å²) in [7, 11) is -4.33. The van der Waals surface area contributed by atoms with Gasteiger partial charge in [0.05, 0.1) is 22.0 Å². The fourth-order valence-electron chi connectivity index (χ4n) is 2.43. The van der Waals surface area contributed by atoms with E-state index in [0.717, 1.165) is 18.2 Å². The van der Waals surface area contributed by atoms with E-state index in [-0.39, 0.29) is 68.9 Å². The first-order chi connectivity index (χ1) is 15.1. The molecule has 33 heavy (non-hydrogen) atoms. The molecule has 0 atom stereocenters. The van der Waals surface area contributed by atoms with Gasteiger partial charge < -0.3 is 15.3 Å². The average molecular weight is 477 g/mol. The Morgan fingerprint density at radius 3 is 1.88 bits per heavy atom. The molecule has 0 saturated heterocycles. The zero-order chi connectivity index (χ0) is 23.3. The maximum atomic E-state index is 11.1. The van der Waals surface area contributed by atoms with Gasteiger partial charge in [-0.2, -0.15) is 18.6 Å². The molecule has 0 bridgehead atoms. The van der Waals surface area contributed by atoms with Gasteiger partial charge in [-0.1, -0.05) is 6.07 Å². The van der Waals surface area contributed by atoms with Gasteiger partial charge in [0.2, 0.25) is 0 Å². The Labute approximate surface area is 210 Å². The third-order valence-electron chi connectivity index (χ3n) is 3.87. The van der Waals surface area contributed by atoms with Crippen molar-refractivity contribution in [1.29, 1.82) is 0 Å². The van der Waals surface area contributed by atoms with E-state index in [1.165, 1.54) is 31.2 Å². The summed E-state index contributed by atoms with van der Waals surface area (Å²) in [5.41, 5.74) is 0.989. The summed E-state index contributed by atoms with van der Waals surface area (Å²) in [5.74, 6) is -1.09. The average Bonchev–Trinajstić information content (AvgIpc) is 2.72. The number of aromatic hydroxyl groups is 2. The molecule has 3 aromatic carbocycles. The van der Waals surface area contributed by atoms with Crippen molar-refractivity contribution in [2.24, 2.45) is 25.4 Å². The van der Waals surface area contributed by atoms with Gasteiger partial charge in [0, 0.05) is 12.1 Å². The number of azo groups is 2. The minimum absolute atomic E-state index is 0. The second-order valence-electron chi connectivity index (χ2n) is 6.35. The molecule has 0 unspecified atom stereocenters. The summed E-state index contributed by atoms with van der Waals surface area (Å²) in [6, 6.07) is 13.6. The number of benzene rings is 3. The SMILES string of the molecule is CC([O-])=Nc1cccc(N=Nc2cc(N=Nc3ccc(S(=O)(=O)O)cc3)c(O)cc2O)c1.[Na+]. The van der Waals surface area contributed by atoms with E-state index in [4.69, 9.17) is 4.55 Å². The zero-order valence-electron chi connectivity index (χ0n) is 17.5. The van der Waals surface area contributed by atoms with Gasteiger partial charge in [0.1, 0.15) is 22.9 Å². The standard InChI is InChI=1S/C20H17N5O6S.Na/c1-12(26)21-14-3-2-4-15(9-14)23-25-18-10-17(19(27)11-20(18)28)24-22-13-5-7-16(8-6-13)32(29,30)31;/h2-11,27-28H,1H3,(H,21,26)(H,29,30,31);/q;+1/p-1. The molecule has 0 saturated carbocycles. The molecule has 0 amide bonds. The van der Waals surface area contributed by atoms with Crippen LogP contribution in [0, 0.1) is 0 Å². The van der Waals surface area contributed by atoms with Crippen molar-refractivity contribution in [2.75, 3.05) is 0 Å². The quantitative estimate of drug-likeness (QED) is 0.159. The molecule has 0 aliphatic heterocycles. The van der Waals surface area contributed by atoms with Crippen LogP contribution in [0.2, 0.25) is 0 Å². The van der Waals surface area contributed by atoms with Gasteiger partial charge in [-0.3, -0.25) is 9.55 Å². The second kappa shape index (κ2) is 11.1. The van der Waals surface area contributed by atoms with E-state index in [1.807, 2.05) is 0 Å². The summed E-state index contributed by atoms with van der Waals surface area (Å²) in [4.78, 5) is 3.49. The van der Waals surface area contributed by atoms with Crippen molar-refractivity contribution in [3.8, 4) is 11.5 Å². The summed E-state index contributed by atoms with van der Waals surface area (Å²) in [6.45, 7) is 1.32. The van der Waals surface area contributed by atoms with Crippen LogP contribution in [0.1, 0.15) is 6.92 Å². The van der Waals surface area contributed by atoms with Crippen LogP contribution in [0.15, 0.2) is 91.0 Å². The molecular formula is C20H16N5NaO6S. The Bertz CT molecular complexity index is 1340. The molecular weight excluding hydrogens is 461 g/mol. The van der Waals surface area contributed by atoms with Crippen molar-refractivity contribution in [3.05, 3.63) is 60.7 Å². The third-order valence-corrected chi connectivity index (χ3v) is 4.74. The number of hydrogen-bond donors (Lipinski definition) is 3. The normalized spacial score (nSPS) is 12.2. The first-order valence-corrected chi connectivity index (χ1v) is 10.4. The maximum Gasteiger partial charge on any atom is 1.00 e. The smallest absolute Gasteiger partial charge is 0.862 e. The number of nitrogens with zero attached hydrogens (tertiary/aromatic N) is 5. The number of phenols is 2. The fraction of sp³-hybridized carbons (Fsp3) is 0.0500. The number of phenolic OH excluding ortho intramolecular Hbond substituents is 2. The molecule has 0 spiro atoms. The summed E-state index contributed by atoms with van der Waals surface area (Å²) < 4.78 is 31.1. The monoisotopic (exact) mass is 477 g/mol. The van der Waals surface area contributed by atoms with Gasteiger partial charge in [-0.15, -0.1) is 10.2 Å². The van der Waals surface area contributed by atoms with Crippen LogP contribution in [0.4, 0.5) is 28.4 Å². The first kappa shape index (κ1) is 26.1. The predicted molar refractivity (Wildman–Crippen MR) is 114 cm³/mol. The van der Waals surface area contributed by atoms with E-state index in [1.54, 1.807) is 18.2 Å². The first-order valence-electron chi connectivity index (χ1n) is 8.91. The Balaban J connectivity index is 0.00000385. The molecule has 0 aromatic heterocycles. The molecule has 3 rings (SSSR count). The van der Waals surface area contributed by atoms with Crippen LogP contribution < -0.4 is 34.7 Å². The molecule has 0 aliphatic rings. The van der Waals surface area contributed by atoms with Crippen molar-refractivity contribution >= 4 is 44.5 Å². The largest absolute Gasteiger partial charge is 1.00 e. The van der Waals surface area contributed by atoms with Crippen molar-refractivity contribution in [1.82, 2.24) is 0 Å². The zero-order valence-corrected chi connectivity index (χ0v) is 20.3. The van der Waals surface area contributed by atoms with Crippen LogP contribution in [-0.2, 0) is 10.1 Å². The topological polar surface area (TPSA) is 180 Å². The van der Waals surface area contributed by atoms with E-state index < -0.39 is 10.1 Å². The summed E-state index contributed by atoms with van der Waals surface area (Å²) >= 11 is 0. The minimum Gasteiger partial charge on any atom is -0.862 e. The third kappa shape index (κ3) is 7.44. The minimum atomic E-state index is -4.33. The number of rotatable bonds is 6. The predicted octanol–water partition coefficient (Wildman–Crippen LogP) is 1.59. The number of aliphatic imine (C=N–C) groups is 1. The van der Waals surface area contributed by atoms with Crippen molar-refractivity contribution in [2.45, 2.75) is 11.8 Å². The Hall–Kier alpha value is -3.16. The van der Waals surface area contributed by atoms with Crippen molar-refractivity contribution < 1.29 is 57.8 Å². The molecule has 0 radical (unpaired) electrons. The Morgan fingerprint density at radius 1 is 0.788 bits per heavy atom. The Morgan fingerprint density at radius 2 is 1.33 bits per heavy atom. The molecule has 3 N–H and O–H groups in total. The molecule has 11 nitrogen and oxygen atoms in total. The van der Waals surface area contributed by atoms with E-state index >= 15 is 0 Å². The fourth-order valence-corrected chi connectivity index (χ4v) is 2.91. The Kier molecular flexibility index (Phi) is 8.79. The summed E-state index contributed by atoms with van der Waals surface area (Å²) in [6.07, 6.45) is 0. The van der Waals surface area contributed by atoms with Gasteiger partial charge in [-0.05, 0) is 55.3 Å². The summed E-state index contributed by atoms with van der Waals surface area (Å²) in [5, 5.41) is 46.8.